The maximum absolute atomic E-state index is 13.2. The molecule has 76 valence electrons. The van der Waals surface area contributed by atoms with Gasteiger partial charge in [-0.05, 0) is 19.1 Å². The van der Waals surface area contributed by atoms with E-state index in [4.69, 9.17) is 4.74 Å². The summed E-state index contributed by atoms with van der Waals surface area (Å²) in [6.07, 6.45) is -0.160. The quantitative estimate of drug-likeness (QED) is 0.746. The topological polar surface area (TPSA) is 26.3 Å². The molecule has 0 aliphatic rings. The number of hydrogen-bond acceptors (Lipinski definition) is 2. The van der Waals surface area contributed by atoms with Crippen LogP contribution < -0.4 is 4.74 Å². The second-order valence-corrected chi connectivity index (χ2v) is 2.92. The lowest BCUT2D eigenvalue weighted by Gasteiger charge is -2.08. The van der Waals surface area contributed by atoms with Gasteiger partial charge in [0.25, 0.3) is 0 Å². The maximum atomic E-state index is 13.2. The molecule has 0 aliphatic carbocycles. The Hall–Kier alpha value is -1.45. The molecule has 0 fully saturated rings. The Morgan fingerprint density at radius 3 is 2.57 bits per heavy atom. The SMILES string of the molecule is COc1ccc(F)c(F)c1CC(C)=O. The molecule has 0 unspecified atom stereocenters. The van der Waals surface area contributed by atoms with Gasteiger partial charge in [0.15, 0.2) is 11.6 Å². The molecule has 2 nitrogen and oxygen atoms in total. The highest BCUT2D eigenvalue weighted by atomic mass is 19.2. The van der Waals surface area contributed by atoms with Gasteiger partial charge < -0.3 is 4.74 Å². The molecule has 0 aromatic heterocycles. The van der Waals surface area contributed by atoms with E-state index in [2.05, 4.69) is 0 Å². The summed E-state index contributed by atoms with van der Waals surface area (Å²) >= 11 is 0. The Morgan fingerprint density at radius 2 is 2.07 bits per heavy atom. The second kappa shape index (κ2) is 4.17. The van der Waals surface area contributed by atoms with Crippen molar-refractivity contribution in [2.75, 3.05) is 7.11 Å². The third kappa shape index (κ3) is 2.07. The van der Waals surface area contributed by atoms with Crippen LogP contribution in [0.25, 0.3) is 0 Å². The largest absolute Gasteiger partial charge is 0.496 e. The minimum atomic E-state index is -1.01. The highest BCUT2D eigenvalue weighted by Crippen LogP contribution is 2.24. The molecular formula is C10H10F2O2. The van der Waals surface area contributed by atoms with Crippen LogP contribution in [-0.4, -0.2) is 12.9 Å². The Bertz CT molecular complexity index is 361. The molecule has 0 heterocycles. The van der Waals surface area contributed by atoms with E-state index in [-0.39, 0.29) is 23.5 Å². The van der Waals surface area contributed by atoms with Crippen LogP contribution in [-0.2, 0) is 11.2 Å². The molecule has 1 rings (SSSR count). The highest BCUT2D eigenvalue weighted by molar-refractivity contribution is 5.79. The molecule has 0 saturated heterocycles. The van der Waals surface area contributed by atoms with Crippen LogP contribution >= 0.6 is 0 Å². The van der Waals surface area contributed by atoms with E-state index in [1.54, 1.807) is 0 Å². The van der Waals surface area contributed by atoms with Crippen LogP contribution in [0.4, 0.5) is 8.78 Å². The first kappa shape index (κ1) is 10.6. The number of hydrogen-bond donors (Lipinski definition) is 0. The molecular weight excluding hydrogens is 190 g/mol. The zero-order valence-corrected chi connectivity index (χ0v) is 7.93. The van der Waals surface area contributed by atoms with Gasteiger partial charge in [-0.3, -0.25) is 4.79 Å². The van der Waals surface area contributed by atoms with E-state index >= 15 is 0 Å². The van der Waals surface area contributed by atoms with Crippen molar-refractivity contribution in [2.24, 2.45) is 0 Å². The van der Waals surface area contributed by atoms with Crippen molar-refractivity contribution in [3.05, 3.63) is 29.3 Å². The summed E-state index contributed by atoms with van der Waals surface area (Å²) in [7, 11) is 1.34. The van der Waals surface area contributed by atoms with Crippen molar-refractivity contribution in [3.63, 3.8) is 0 Å². The molecule has 14 heavy (non-hydrogen) atoms. The number of carbonyl (C=O) groups excluding carboxylic acids is 1. The van der Waals surface area contributed by atoms with E-state index in [0.717, 1.165) is 6.07 Å². The smallest absolute Gasteiger partial charge is 0.166 e. The fraction of sp³-hybridized carbons (Fsp3) is 0.300. The van der Waals surface area contributed by atoms with Crippen molar-refractivity contribution < 1.29 is 18.3 Å². The van der Waals surface area contributed by atoms with E-state index < -0.39 is 11.6 Å². The zero-order valence-electron chi connectivity index (χ0n) is 7.93. The van der Waals surface area contributed by atoms with Gasteiger partial charge in [0.05, 0.1) is 7.11 Å². The number of carbonyl (C=O) groups is 1. The highest BCUT2D eigenvalue weighted by Gasteiger charge is 2.15. The summed E-state index contributed by atoms with van der Waals surface area (Å²) in [4.78, 5) is 10.8. The Kier molecular flexibility index (Phi) is 3.17. The van der Waals surface area contributed by atoms with Gasteiger partial charge in [0.1, 0.15) is 11.5 Å². The third-order valence-electron chi connectivity index (χ3n) is 1.80. The number of ether oxygens (including phenoxy) is 1. The zero-order chi connectivity index (χ0) is 10.7. The Balaban J connectivity index is 3.20. The van der Waals surface area contributed by atoms with Crippen LogP contribution in [0.1, 0.15) is 12.5 Å². The molecule has 0 radical (unpaired) electrons. The predicted molar refractivity (Wildman–Crippen MR) is 47.3 cm³/mol. The standard InChI is InChI=1S/C10H10F2O2/c1-6(13)5-7-9(14-2)4-3-8(11)10(7)12/h3-4H,5H2,1-2H3. The number of rotatable bonds is 3. The number of methoxy groups -OCH3 is 1. The van der Waals surface area contributed by atoms with Crippen molar-refractivity contribution in [2.45, 2.75) is 13.3 Å². The predicted octanol–water partition coefficient (Wildman–Crippen LogP) is 2.10. The second-order valence-electron chi connectivity index (χ2n) is 2.92. The minimum Gasteiger partial charge on any atom is -0.496 e. The molecule has 0 saturated carbocycles. The van der Waals surface area contributed by atoms with Crippen LogP contribution in [0, 0.1) is 11.6 Å². The molecule has 0 aliphatic heterocycles. The first-order valence-electron chi connectivity index (χ1n) is 4.06. The lowest BCUT2D eigenvalue weighted by atomic mass is 10.1. The van der Waals surface area contributed by atoms with Crippen LogP contribution in [0.3, 0.4) is 0 Å². The summed E-state index contributed by atoms with van der Waals surface area (Å²) in [6, 6.07) is 2.27. The minimum absolute atomic E-state index is 0.0278. The van der Waals surface area contributed by atoms with Crippen molar-refractivity contribution in [3.8, 4) is 5.75 Å². The maximum Gasteiger partial charge on any atom is 0.166 e. The number of benzene rings is 1. The summed E-state index contributed by atoms with van der Waals surface area (Å²) in [5.41, 5.74) is -0.0278. The lowest BCUT2D eigenvalue weighted by Crippen LogP contribution is -2.04. The van der Waals surface area contributed by atoms with Gasteiger partial charge in [-0.15, -0.1) is 0 Å². The summed E-state index contributed by atoms with van der Waals surface area (Å²) in [5, 5.41) is 0. The summed E-state index contributed by atoms with van der Waals surface area (Å²) in [5.74, 6) is -2.03. The van der Waals surface area contributed by atoms with E-state index in [1.807, 2.05) is 0 Å². The van der Waals surface area contributed by atoms with Gasteiger partial charge in [0, 0.05) is 12.0 Å². The molecule has 1 aromatic rings. The van der Waals surface area contributed by atoms with Crippen molar-refractivity contribution >= 4 is 5.78 Å². The normalized spacial score (nSPS) is 10.0. The number of halogens is 2. The molecule has 0 amide bonds. The van der Waals surface area contributed by atoms with E-state index in [0.29, 0.717) is 0 Å². The van der Waals surface area contributed by atoms with Crippen molar-refractivity contribution in [1.29, 1.82) is 0 Å². The van der Waals surface area contributed by atoms with Crippen LogP contribution in [0.15, 0.2) is 12.1 Å². The summed E-state index contributed by atoms with van der Waals surface area (Å²) in [6.45, 7) is 1.31. The molecule has 1 aromatic carbocycles. The molecule has 0 spiro atoms. The molecule has 4 heteroatoms. The van der Waals surface area contributed by atoms with Gasteiger partial charge in [-0.1, -0.05) is 0 Å². The number of ketones is 1. The first-order chi connectivity index (χ1) is 6.56. The lowest BCUT2D eigenvalue weighted by molar-refractivity contribution is -0.116. The Labute approximate surface area is 80.5 Å². The molecule has 0 atom stereocenters. The monoisotopic (exact) mass is 200 g/mol. The Morgan fingerprint density at radius 1 is 1.43 bits per heavy atom. The average Bonchev–Trinajstić information content (AvgIpc) is 2.13. The van der Waals surface area contributed by atoms with Crippen LogP contribution in [0.2, 0.25) is 0 Å². The van der Waals surface area contributed by atoms with Gasteiger partial charge in [-0.2, -0.15) is 0 Å². The van der Waals surface area contributed by atoms with Gasteiger partial charge in [0.2, 0.25) is 0 Å². The van der Waals surface area contributed by atoms with Gasteiger partial charge in [-0.25, -0.2) is 8.78 Å². The fourth-order valence-corrected chi connectivity index (χ4v) is 1.18. The molecule has 0 bridgehead atoms. The van der Waals surface area contributed by atoms with Crippen LogP contribution in [0.5, 0.6) is 5.75 Å². The molecule has 0 N–H and O–H groups in total. The summed E-state index contributed by atoms with van der Waals surface area (Å²) < 4.78 is 30.8. The van der Waals surface area contributed by atoms with Gasteiger partial charge >= 0.3 is 0 Å². The number of Topliss-reactive ketones (excluding diaryl/α,β-unsaturated/α-hetero) is 1. The fourth-order valence-electron chi connectivity index (χ4n) is 1.18. The van der Waals surface area contributed by atoms with E-state index in [9.17, 15) is 13.6 Å². The third-order valence-corrected chi connectivity index (χ3v) is 1.80. The average molecular weight is 200 g/mol. The first-order valence-corrected chi connectivity index (χ1v) is 4.06. The van der Waals surface area contributed by atoms with E-state index in [1.165, 1.54) is 20.1 Å². The van der Waals surface area contributed by atoms with Crippen molar-refractivity contribution in [1.82, 2.24) is 0 Å².